The Labute approximate surface area is 97.1 Å². The fourth-order valence-corrected chi connectivity index (χ4v) is 1.51. The minimum absolute atomic E-state index is 0.0514. The molecule has 0 aliphatic heterocycles. The molecule has 0 saturated heterocycles. The highest BCUT2D eigenvalue weighted by Crippen LogP contribution is 2.19. The molecule has 0 aliphatic carbocycles. The Morgan fingerprint density at radius 2 is 1.81 bits per heavy atom. The molecule has 2 N–H and O–H groups in total. The number of nitrogens with one attached hydrogen (secondary N) is 1. The van der Waals surface area contributed by atoms with Crippen LogP contribution in [0, 0.1) is 19.3 Å². The Hall–Kier alpha value is -1.16. The maximum absolute atomic E-state index is 8.93. The number of hydrogen-bond donors (Lipinski definition) is 2. The number of aromatic nitrogens is 2. The highest BCUT2D eigenvalue weighted by molar-refractivity contribution is 5.27. The largest absolute Gasteiger partial charge is 0.396 e. The van der Waals surface area contributed by atoms with Gasteiger partial charge in [0.25, 0.3) is 0 Å². The lowest BCUT2D eigenvalue weighted by atomic mass is 9.90. The van der Waals surface area contributed by atoms with Gasteiger partial charge in [0.1, 0.15) is 0 Å². The summed E-state index contributed by atoms with van der Waals surface area (Å²) in [7, 11) is 0. The Morgan fingerprint density at radius 3 is 2.31 bits per heavy atom. The van der Waals surface area contributed by atoms with Crippen LogP contribution < -0.4 is 5.32 Å². The zero-order chi connectivity index (χ0) is 12.2. The molecule has 0 bridgehead atoms. The number of aliphatic hydroxyl groups is 1. The minimum Gasteiger partial charge on any atom is -0.396 e. The first-order chi connectivity index (χ1) is 7.43. The van der Waals surface area contributed by atoms with Gasteiger partial charge in [-0.15, -0.1) is 0 Å². The molecular formula is C12H21N3O. The van der Waals surface area contributed by atoms with Crippen molar-refractivity contribution in [2.45, 2.75) is 34.1 Å². The molecule has 0 aliphatic rings. The molecule has 0 fully saturated rings. The van der Waals surface area contributed by atoms with Crippen molar-refractivity contribution in [3.05, 3.63) is 17.5 Å². The molecule has 90 valence electrons. The van der Waals surface area contributed by atoms with Crippen molar-refractivity contribution >= 4 is 5.95 Å². The molecule has 0 unspecified atom stereocenters. The van der Waals surface area contributed by atoms with Gasteiger partial charge in [-0.1, -0.05) is 13.8 Å². The van der Waals surface area contributed by atoms with Crippen LogP contribution in [0.25, 0.3) is 0 Å². The molecule has 0 spiro atoms. The first kappa shape index (κ1) is 12.9. The van der Waals surface area contributed by atoms with Crippen LogP contribution in [0.2, 0.25) is 0 Å². The van der Waals surface area contributed by atoms with E-state index in [0.717, 1.165) is 24.4 Å². The topological polar surface area (TPSA) is 58.0 Å². The van der Waals surface area contributed by atoms with Crippen LogP contribution in [0.3, 0.4) is 0 Å². The molecule has 1 aromatic rings. The monoisotopic (exact) mass is 223 g/mol. The summed E-state index contributed by atoms with van der Waals surface area (Å²) in [5, 5.41) is 12.1. The lowest BCUT2D eigenvalue weighted by Crippen LogP contribution is -2.25. The van der Waals surface area contributed by atoms with Gasteiger partial charge in [-0.2, -0.15) is 0 Å². The van der Waals surface area contributed by atoms with Gasteiger partial charge in [0, 0.05) is 24.5 Å². The highest BCUT2D eigenvalue weighted by Gasteiger charge is 2.17. The van der Waals surface area contributed by atoms with Crippen LogP contribution >= 0.6 is 0 Å². The van der Waals surface area contributed by atoms with Crippen LogP contribution in [0.4, 0.5) is 5.95 Å². The van der Waals surface area contributed by atoms with Crippen molar-refractivity contribution in [1.82, 2.24) is 9.97 Å². The Kier molecular flexibility index (Phi) is 4.24. The molecular weight excluding hydrogens is 202 g/mol. The summed E-state index contributed by atoms with van der Waals surface area (Å²) in [6.07, 6.45) is 0.769. The third-order valence-corrected chi connectivity index (χ3v) is 2.50. The van der Waals surface area contributed by atoms with Gasteiger partial charge in [-0.25, -0.2) is 9.97 Å². The second-order valence-electron chi connectivity index (χ2n) is 4.97. The highest BCUT2D eigenvalue weighted by atomic mass is 16.3. The second-order valence-corrected chi connectivity index (χ2v) is 4.97. The average Bonchev–Trinajstić information content (AvgIpc) is 2.13. The average molecular weight is 223 g/mol. The van der Waals surface area contributed by atoms with Crippen LogP contribution in [0.1, 0.15) is 31.7 Å². The summed E-state index contributed by atoms with van der Waals surface area (Å²) in [5.74, 6) is 0.670. The zero-order valence-corrected chi connectivity index (χ0v) is 10.5. The number of hydrogen-bond acceptors (Lipinski definition) is 4. The summed E-state index contributed by atoms with van der Waals surface area (Å²) >= 11 is 0. The van der Waals surface area contributed by atoms with Crippen LogP contribution in [0.5, 0.6) is 0 Å². The van der Waals surface area contributed by atoms with E-state index in [2.05, 4.69) is 29.1 Å². The Balaban J connectivity index is 2.60. The molecule has 1 heterocycles. The van der Waals surface area contributed by atoms with Crippen molar-refractivity contribution in [3.8, 4) is 0 Å². The molecule has 0 radical (unpaired) electrons. The van der Waals surface area contributed by atoms with Gasteiger partial charge < -0.3 is 10.4 Å². The maximum atomic E-state index is 8.93. The molecule has 4 heteroatoms. The van der Waals surface area contributed by atoms with Crippen molar-refractivity contribution in [3.63, 3.8) is 0 Å². The van der Waals surface area contributed by atoms with E-state index in [1.165, 1.54) is 0 Å². The molecule has 16 heavy (non-hydrogen) atoms. The van der Waals surface area contributed by atoms with Crippen molar-refractivity contribution in [1.29, 1.82) is 0 Å². The summed E-state index contributed by atoms with van der Waals surface area (Å²) in [4.78, 5) is 8.62. The molecule has 1 rings (SSSR count). The quantitative estimate of drug-likeness (QED) is 0.800. The normalized spacial score (nSPS) is 11.6. The van der Waals surface area contributed by atoms with Crippen LogP contribution in [-0.4, -0.2) is 28.2 Å². The Bertz CT molecular complexity index is 330. The van der Waals surface area contributed by atoms with E-state index >= 15 is 0 Å². The van der Waals surface area contributed by atoms with Crippen molar-refractivity contribution in [2.24, 2.45) is 5.41 Å². The molecule has 1 aromatic heterocycles. The molecule has 0 atom stereocenters. The third kappa shape index (κ3) is 4.14. The number of aryl methyl sites for hydroxylation is 2. The van der Waals surface area contributed by atoms with E-state index < -0.39 is 0 Å². The van der Waals surface area contributed by atoms with Gasteiger partial charge in [-0.3, -0.25) is 0 Å². The maximum Gasteiger partial charge on any atom is 0.223 e. The van der Waals surface area contributed by atoms with Gasteiger partial charge in [0.2, 0.25) is 5.95 Å². The molecule has 4 nitrogen and oxygen atoms in total. The van der Waals surface area contributed by atoms with E-state index in [1.54, 1.807) is 0 Å². The predicted octanol–water partition coefficient (Wildman–Crippen LogP) is 1.91. The van der Waals surface area contributed by atoms with Crippen LogP contribution in [-0.2, 0) is 0 Å². The van der Waals surface area contributed by atoms with Crippen molar-refractivity contribution < 1.29 is 5.11 Å². The molecule has 0 aromatic carbocycles. The predicted molar refractivity (Wildman–Crippen MR) is 65.5 cm³/mol. The van der Waals surface area contributed by atoms with Crippen LogP contribution in [0.15, 0.2) is 6.07 Å². The second kappa shape index (κ2) is 5.25. The third-order valence-electron chi connectivity index (χ3n) is 2.50. The summed E-state index contributed by atoms with van der Waals surface area (Å²) in [6, 6.07) is 1.95. The number of aliphatic hydroxyl groups excluding tert-OH is 1. The molecule has 0 saturated carbocycles. The SMILES string of the molecule is Cc1cc(C)nc(NCC(C)(C)CCO)n1. The zero-order valence-electron chi connectivity index (χ0n) is 10.5. The van der Waals surface area contributed by atoms with Gasteiger partial charge in [0.05, 0.1) is 0 Å². The number of anilines is 1. The smallest absolute Gasteiger partial charge is 0.223 e. The Morgan fingerprint density at radius 1 is 1.25 bits per heavy atom. The fourth-order valence-electron chi connectivity index (χ4n) is 1.51. The van der Waals surface area contributed by atoms with E-state index in [1.807, 2.05) is 19.9 Å². The van der Waals surface area contributed by atoms with E-state index in [-0.39, 0.29) is 12.0 Å². The summed E-state index contributed by atoms with van der Waals surface area (Å²) in [6.45, 7) is 9.11. The van der Waals surface area contributed by atoms with E-state index in [4.69, 9.17) is 5.11 Å². The fraction of sp³-hybridized carbons (Fsp3) is 0.667. The van der Waals surface area contributed by atoms with Gasteiger partial charge in [0.15, 0.2) is 0 Å². The number of nitrogens with zero attached hydrogens (tertiary/aromatic N) is 2. The first-order valence-electron chi connectivity index (χ1n) is 5.60. The molecule has 0 amide bonds. The standard InChI is InChI=1S/C12H21N3O/c1-9-7-10(2)15-11(14-9)13-8-12(3,4)5-6-16/h7,16H,5-6,8H2,1-4H3,(H,13,14,15). The summed E-state index contributed by atoms with van der Waals surface area (Å²) < 4.78 is 0. The van der Waals surface area contributed by atoms with E-state index in [9.17, 15) is 0 Å². The van der Waals surface area contributed by atoms with Crippen molar-refractivity contribution in [2.75, 3.05) is 18.5 Å². The summed E-state index contributed by atoms with van der Waals surface area (Å²) in [5.41, 5.74) is 1.99. The number of rotatable bonds is 5. The van der Waals surface area contributed by atoms with E-state index in [0.29, 0.717) is 5.95 Å². The van der Waals surface area contributed by atoms with Gasteiger partial charge >= 0.3 is 0 Å². The lowest BCUT2D eigenvalue weighted by molar-refractivity contribution is 0.220. The minimum atomic E-state index is 0.0514. The first-order valence-corrected chi connectivity index (χ1v) is 5.60. The lowest BCUT2D eigenvalue weighted by Gasteiger charge is -2.23. The van der Waals surface area contributed by atoms with Gasteiger partial charge in [-0.05, 0) is 31.7 Å².